The largest absolute Gasteiger partial charge is 0.370 e. The highest BCUT2D eigenvalue weighted by molar-refractivity contribution is 5.57. The number of pyridine rings is 1. The van der Waals surface area contributed by atoms with E-state index in [0.29, 0.717) is 0 Å². The molecule has 0 radical (unpaired) electrons. The average Bonchev–Trinajstić information content (AvgIpc) is 2.39. The standard InChI is InChI=1S/C15H20N4/c1-5-17-13-10-12(15(2,3)4)18-14(19-13)11-6-8-16-9-7-11/h6-10H,5H2,1-4H3,(H,17,18,19). The van der Waals surface area contributed by atoms with E-state index < -0.39 is 0 Å². The highest BCUT2D eigenvalue weighted by Gasteiger charge is 2.18. The van der Waals surface area contributed by atoms with Crippen LogP contribution in [0.1, 0.15) is 33.4 Å². The van der Waals surface area contributed by atoms with Gasteiger partial charge in [-0.25, -0.2) is 9.97 Å². The fourth-order valence-electron chi connectivity index (χ4n) is 1.73. The summed E-state index contributed by atoms with van der Waals surface area (Å²) in [5, 5.41) is 3.26. The van der Waals surface area contributed by atoms with Crippen LogP contribution in [-0.2, 0) is 5.41 Å². The number of rotatable bonds is 3. The molecule has 0 fully saturated rings. The molecule has 0 bridgehead atoms. The van der Waals surface area contributed by atoms with Gasteiger partial charge in [-0.1, -0.05) is 20.8 Å². The van der Waals surface area contributed by atoms with Gasteiger partial charge in [-0.3, -0.25) is 4.98 Å². The summed E-state index contributed by atoms with van der Waals surface area (Å²) in [6, 6.07) is 5.88. The van der Waals surface area contributed by atoms with Crippen molar-refractivity contribution in [2.45, 2.75) is 33.1 Å². The first kappa shape index (κ1) is 13.5. The molecule has 0 atom stereocenters. The summed E-state index contributed by atoms with van der Waals surface area (Å²) in [5.41, 5.74) is 2.01. The predicted molar refractivity (Wildman–Crippen MR) is 78.1 cm³/mol. The van der Waals surface area contributed by atoms with Crippen LogP contribution < -0.4 is 5.32 Å². The van der Waals surface area contributed by atoms with Crippen molar-refractivity contribution < 1.29 is 0 Å². The Kier molecular flexibility index (Phi) is 3.79. The van der Waals surface area contributed by atoms with Crippen LogP contribution in [0.3, 0.4) is 0 Å². The molecule has 19 heavy (non-hydrogen) atoms. The lowest BCUT2D eigenvalue weighted by atomic mass is 9.92. The second kappa shape index (κ2) is 5.34. The van der Waals surface area contributed by atoms with Crippen LogP contribution in [0.2, 0.25) is 0 Å². The number of nitrogens with one attached hydrogen (secondary N) is 1. The highest BCUT2D eigenvalue weighted by atomic mass is 15.0. The van der Waals surface area contributed by atoms with Gasteiger partial charge in [0.2, 0.25) is 0 Å². The SMILES string of the molecule is CCNc1cc(C(C)(C)C)nc(-c2ccncc2)n1. The Hall–Kier alpha value is -1.97. The molecule has 2 aromatic rings. The van der Waals surface area contributed by atoms with Crippen molar-refractivity contribution in [1.82, 2.24) is 15.0 Å². The predicted octanol–water partition coefficient (Wildman–Crippen LogP) is 3.27. The van der Waals surface area contributed by atoms with Crippen LogP contribution in [-0.4, -0.2) is 21.5 Å². The zero-order valence-corrected chi connectivity index (χ0v) is 11.9. The van der Waals surface area contributed by atoms with Crippen molar-refractivity contribution in [3.8, 4) is 11.4 Å². The molecule has 0 unspecified atom stereocenters. The van der Waals surface area contributed by atoms with Gasteiger partial charge in [0.25, 0.3) is 0 Å². The molecule has 0 aliphatic rings. The normalized spacial score (nSPS) is 11.4. The second-order valence-corrected chi connectivity index (χ2v) is 5.48. The molecular formula is C15H20N4. The Bertz CT molecular complexity index is 544. The van der Waals surface area contributed by atoms with E-state index in [0.717, 1.165) is 29.4 Å². The van der Waals surface area contributed by atoms with Crippen LogP contribution in [0.4, 0.5) is 5.82 Å². The smallest absolute Gasteiger partial charge is 0.161 e. The van der Waals surface area contributed by atoms with E-state index in [4.69, 9.17) is 0 Å². The maximum Gasteiger partial charge on any atom is 0.161 e. The van der Waals surface area contributed by atoms with Crippen molar-refractivity contribution in [2.75, 3.05) is 11.9 Å². The maximum absolute atomic E-state index is 4.68. The summed E-state index contributed by atoms with van der Waals surface area (Å²) in [6.45, 7) is 9.37. The fraction of sp³-hybridized carbons (Fsp3) is 0.400. The number of anilines is 1. The topological polar surface area (TPSA) is 50.7 Å². The molecule has 2 aromatic heterocycles. The summed E-state index contributed by atoms with van der Waals surface area (Å²) < 4.78 is 0. The van der Waals surface area contributed by atoms with Gasteiger partial charge in [-0.2, -0.15) is 0 Å². The molecule has 4 heteroatoms. The lowest BCUT2D eigenvalue weighted by molar-refractivity contribution is 0.568. The Balaban J connectivity index is 2.52. The van der Waals surface area contributed by atoms with Gasteiger partial charge in [0.1, 0.15) is 5.82 Å². The molecule has 0 aliphatic carbocycles. The Morgan fingerprint density at radius 1 is 1.11 bits per heavy atom. The molecular weight excluding hydrogens is 236 g/mol. The van der Waals surface area contributed by atoms with Gasteiger partial charge in [0, 0.05) is 36.0 Å². The monoisotopic (exact) mass is 256 g/mol. The molecule has 0 aromatic carbocycles. The summed E-state index contributed by atoms with van der Waals surface area (Å²) in [6.07, 6.45) is 3.52. The van der Waals surface area contributed by atoms with Crippen LogP contribution in [0.25, 0.3) is 11.4 Å². The molecule has 0 amide bonds. The second-order valence-electron chi connectivity index (χ2n) is 5.48. The van der Waals surface area contributed by atoms with Gasteiger partial charge < -0.3 is 5.32 Å². The van der Waals surface area contributed by atoms with E-state index in [2.05, 4.69) is 48.0 Å². The average molecular weight is 256 g/mol. The third-order valence-electron chi connectivity index (χ3n) is 2.79. The van der Waals surface area contributed by atoms with Crippen LogP contribution in [0.15, 0.2) is 30.6 Å². The van der Waals surface area contributed by atoms with E-state index in [-0.39, 0.29) is 5.41 Å². The Labute approximate surface area is 114 Å². The van der Waals surface area contributed by atoms with Gasteiger partial charge in [0.05, 0.1) is 5.69 Å². The number of aromatic nitrogens is 3. The van der Waals surface area contributed by atoms with Gasteiger partial charge >= 0.3 is 0 Å². The first-order chi connectivity index (χ1) is 9.00. The van der Waals surface area contributed by atoms with E-state index in [9.17, 15) is 0 Å². The first-order valence-electron chi connectivity index (χ1n) is 6.54. The van der Waals surface area contributed by atoms with E-state index in [1.54, 1.807) is 12.4 Å². The summed E-state index contributed by atoms with van der Waals surface area (Å²) in [7, 11) is 0. The Morgan fingerprint density at radius 2 is 1.79 bits per heavy atom. The quantitative estimate of drug-likeness (QED) is 0.915. The zero-order valence-electron chi connectivity index (χ0n) is 11.9. The molecule has 4 nitrogen and oxygen atoms in total. The van der Waals surface area contributed by atoms with Gasteiger partial charge in [-0.05, 0) is 19.1 Å². The summed E-state index contributed by atoms with van der Waals surface area (Å²) in [4.78, 5) is 13.3. The lowest BCUT2D eigenvalue weighted by Crippen LogP contribution is -2.16. The third kappa shape index (κ3) is 3.28. The maximum atomic E-state index is 4.68. The molecule has 100 valence electrons. The molecule has 1 N–H and O–H groups in total. The van der Waals surface area contributed by atoms with Crippen LogP contribution in [0.5, 0.6) is 0 Å². The van der Waals surface area contributed by atoms with Crippen molar-refractivity contribution in [3.05, 3.63) is 36.3 Å². The van der Waals surface area contributed by atoms with Gasteiger partial charge in [-0.15, -0.1) is 0 Å². The molecule has 2 rings (SSSR count). The van der Waals surface area contributed by atoms with Gasteiger partial charge in [0.15, 0.2) is 5.82 Å². The minimum atomic E-state index is -0.00507. The minimum absolute atomic E-state index is 0.00507. The fourth-order valence-corrected chi connectivity index (χ4v) is 1.73. The van der Waals surface area contributed by atoms with Crippen LogP contribution >= 0.6 is 0 Å². The Morgan fingerprint density at radius 3 is 2.37 bits per heavy atom. The number of nitrogens with zero attached hydrogens (tertiary/aromatic N) is 3. The lowest BCUT2D eigenvalue weighted by Gasteiger charge is -2.19. The van der Waals surface area contributed by atoms with Crippen LogP contribution in [0, 0.1) is 0 Å². The molecule has 0 saturated heterocycles. The molecule has 0 aliphatic heterocycles. The van der Waals surface area contributed by atoms with Crippen molar-refractivity contribution >= 4 is 5.82 Å². The van der Waals surface area contributed by atoms with Crippen molar-refractivity contribution in [3.63, 3.8) is 0 Å². The third-order valence-corrected chi connectivity index (χ3v) is 2.79. The van der Waals surface area contributed by atoms with E-state index in [1.165, 1.54) is 0 Å². The summed E-state index contributed by atoms with van der Waals surface area (Å²) >= 11 is 0. The summed E-state index contributed by atoms with van der Waals surface area (Å²) in [5.74, 6) is 1.61. The van der Waals surface area contributed by atoms with E-state index in [1.807, 2.05) is 18.2 Å². The molecule has 2 heterocycles. The minimum Gasteiger partial charge on any atom is -0.370 e. The first-order valence-corrected chi connectivity index (χ1v) is 6.54. The number of hydrogen-bond acceptors (Lipinski definition) is 4. The van der Waals surface area contributed by atoms with Crippen molar-refractivity contribution in [2.24, 2.45) is 0 Å². The zero-order chi connectivity index (χ0) is 13.9. The number of hydrogen-bond donors (Lipinski definition) is 1. The van der Waals surface area contributed by atoms with E-state index >= 15 is 0 Å². The van der Waals surface area contributed by atoms with Crippen molar-refractivity contribution in [1.29, 1.82) is 0 Å². The highest BCUT2D eigenvalue weighted by Crippen LogP contribution is 2.25. The molecule has 0 spiro atoms. The molecule has 0 saturated carbocycles.